The van der Waals surface area contributed by atoms with E-state index in [0.717, 1.165) is 6.07 Å². The van der Waals surface area contributed by atoms with Gasteiger partial charge in [-0.1, -0.05) is 6.07 Å². The van der Waals surface area contributed by atoms with Crippen molar-refractivity contribution in [3.63, 3.8) is 0 Å². The third-order valence-electron chi connectivity index (χ3n) is 5.74. The molecule has 0 bridgehead atoms. The van der Waals surface area contributed by atoms with Crippen LogP contribution in [0.5, 0.6) is 5.75 Å². The van der Waals surface area contributed by atoms with Gasteiger partial charge < -0.3 is 23.9 Å². The van der Waals surface area contributed by atoms with Crippen LogP contribution in [0.1, 0.15) is 44.5 Å². The minimum Gasteiger partial charge on any atom is -0.488 e. The minimum absolute atomic E-state index is 0.112. The molecule has 0 radical (unpaired) electrons. The summed E-state index contributed by atoms with van der Waals surface area (Å²) in [7, 11) is 0. The number of ether oxygens (including phenoxy) is 3. The van der Waals surface area contributed by atoms with Gasteiger partial charge in [0.25, 0.3) is 0 Å². The minimum atomic E-state index is -0.637. The van der Waals surface area contributed by atoms with Crippen LogP contribution in [0.4, 0.5) is 13.6 Å². The third-order valence-corrected chi connectivity index (χ3v) is 5.74. The van der Waals surface area contributed by atoms with Gasteiger partial charge in [-0.15, -0.1) is 0 Å². The number of rotatable bonds is 9. The van der Waals surface area contributed by atoms with Crippen LogP contribution in [0.15, 0.2) is 59.3 Å². The summed E-state index contributed by atoms with van der Waals surface area (Å²) in [6.45, 7) is 7.09. The number of aromatic nitrogens is 1. The summed E-state index contributed by atoms with van der Waals surface area (Å²) in [6.07, 6.45) is 2.27. The summed E-state index contributed by atoms with van der Waals surface area (Å²) in [4.78, 5) is 28.3. The zero-order valence-electron chi connectivity index (χ0n) is 22.7. The van der Waals surface area contributed by atoms with Crippen LogP contribution in [0.3, 0.4) is 0 Å². The van der Waals surface area contributed by atoms with Crippen LogP contribution in [-0.4, -0.2) is 29.3 Å². The maximum atomic E-state index is 15.5. The van der Waals surface area contributed by atoms with Crippen molar-refractivity contribution in [2.75, 3.05) is 6.61 Å². The zero-order valence-corrected chi connectivity index (χ0v) is 22.7. The fourth-order valence-corrected chi connectivity index (χ4v) is 4.04. The van der Waals surface area contributed by atoms with Gasteiger partial charge in [0, 0.05) is 29.0 Å². The molecule has 0 unspecified atom stereocenters. The standard InChI is InChI=1S/C30H30F2N2O6/c1-5-37-26(35)14-19-6-7-21(31)15-25(19)39-17-20-13-24(28-23(27(20)32)9-11-38-28)18-8-10-33-22(12-18)16-34-29(36)40-30(2,3)4/h6-13,15H,5,14,16-17H2,1-4H3,(H,34,36). The van der Waals surface area contributed by atoms with Crippen LogP contribution in [0.2, 0.25) is 0 Å². The summed E-state index contributed by atoms with van der Waals surface area (Å²) >= 11 is 0. The molecule has 40 heavy (non-hydrogen) atoms. The molecule has 0 spiro atoms. The molecule has 1 N–H and O–H groups in total. The first-order valence-electron chi connectivity index (χ1n) is 12.7. The van der Waals surface area contributed by atoms with Crippen LogP contribution in [0, 0.1) is 11.6 Å². The van der Waals surface area contributed by atoms with E-state index in [1.54, 1.807) is 52.1 Å². The monoisotopic (exact) mass is 552 g/mol. The van der Waals surface area contributed by atoms with Crippen molar-refractivity contribution in [2.24, 2.45) is 0 Å². The highest BCUT2D eigenvalue weighted by molar-refractivity contribution is 5.93. The summed E-state index contributed by atoms with van der Waals surface area (Å²) in [6, 6.07) is 10.4. The van der Waals surface area contributed by atoms with Crippen molar-refractivity contribution < 1.29 is 37.0 Å². The number of hydrogen-bond acceptors (Lipinski definition) is 7. The van der Waals surface area contributed by atoms with Crippen LogP contribution >= 0.6 is 0 Å². The predicted octanol–water partition coefficient (Wildman–Crippen LogP) is 6.48. The molecule has 2 aromatic carbocycles. The molecule has 8 nitrogen and oxygen atoms in total. The smallest absolute Gasteiger partial charge is 0.407 e. The van der Waals surface area contributed by atoms with Crippen LogP contribution in [0.25, 0.3) is 22.1 Å². The number of fused-ring (bicyclic) bond motifs is 1. The number of carbonyl (C=O) groups is 2. The lowest BCUT2D eigenvalue weighted by atomic mass is 10.00. The van der Waals surface area contributed by atoms with Gasteiger partial charge in [-0.05, 0) is 63.6 Å². The number of halogens is 2. The lowest BCUT2D eigenvalue weighted by Gasteiger charge is -2.19. The molecule has 0 saturated heterocycles. The molecule has 0 aliphatic rings. The average Bonchev–Trinajstić information content (AvgIpc) is 3.38. The van der Waals surface area contributed by atoms with Crippen molar-refractivity contribution in [1.82, 2.24) is 10.3 Å². The highest BCUT2D eigenvalue weighted by atomic mass is 19.1. The SMILES string of the molecule is CCOC(=O)Cc1ccc(F)cc1OCc1cc(-c2ccnc(CNC(=O)OC(C)(C)C)c2)c2occc2c1F. The van der Waals surface area contributed by atoms with Crippen LogP contribution < -0.4 is 10.1 Å². The first kappa shape index (κ1) is 28.5. The Morgan fingerprint density at radius 1 is 1.05 bits per heavy atom. The van der Waals surface area contributed by atoms with Gasteiger partial charge in [0.1, 0.15) is 35.2 Å². The zero-order chi connectivity index (χ0) is 28.9. The number of alkyl carbamates (subject to hydrolysis) is 1. The summed E-state index contributed by atoms with van der Waals surface area (Å²) < 4.78 is 51.1. The molecule has 0 aliphatic heterocycles. The molecular weight excluding hydrogens is 522 g/mol. The summed E-state index contributed by atoms with van der Waals surface area (Å²) in [5.74, 6) is -1.47. The number of benzene rings is 2. The Morgan fingerprint density at radius 3 is 2.60 bits per heavy atom. The second-order valence-corrected chi connectivity index (χ2v) is 9.97. The quantitative estimate of drug-likeness (QED) is 0.237. The van der Waals surface area contributed by atoms with Crippen molar-refractivity contribution in [3.05, 3.63) is 83.4 Å². The number of pyridine rings is 1. The van der Waals surface area contributed by atoms with Gasteiger partial charge in [-0.2, -0.15) is 0 Å². The number of nitrogens with one attached hydrogen (secondary N) is 1. The number of esters is 1. The Balaban J connectivity index is 1.60. The Hall–Kier alpha value is -4.47. The van der Waals surface area contributed by atoms with E-state index in [-0.39, 0.29) is 42.9 Å². The number of furan rings is 1. The maximum absolute atomic E-state index is 15.5. The molecule has 0 saturated carbocycles. The highest BCUT2D eigenvalue weighted by Gasteiger charge is 2.19. The molecule has 2 aromatic heterocycles. The highest BCUT2D eigenvalue weighted by Crippen LogP contribution is 2.34. The number of amides is 1. The Morgan fingerprint density at radius 2 is 1.85 bits per heavy atom. The number of nitrogens with zero attached hydrogens (tertiary/aromatic N) is 1. The summed E-state index contributed by atoms with van der Waals surface area (Å²) in [5.41, 5.74) is 2.10. The second kappa shape index (κ2) is 12.1. The molecule has 2 heterocycles. The number of carbonyl (C=O) groups excluding carboxylic acids is 2. The van der Waals surface area contributed by atoms with E-state index in [1.807, 2.05) is 0 Å². The Kier molecular flexibility index (Phi) is 8.67. The van der Waals surface area contributed by atoms with Gasteiger partial charge in [0.15, 0.2) is 0 Å². The Bertz CT molecular complexity index is 1530. The fourth-order valence-electron chi connectivity index (χ4n) is 4.04. The number of hydrogen-bond donors (Lipinski definition) is 1. The van der Waals surface area contributed by atoms with Gasteiger partial charge in [0.2, 0.25) is 0 Å². The molecule has 0 fully saturated rings. The second-order valence-electron chi connectivity index (χ2n) is 9.97. The van der Waals surface area contributed by atoms with E-state index in [2.05, 4.69) is 10.3 Å². The first-order valence-corrected chi connectivity index (χ1v) is 12.7. The van der Waals surface area contributed by atoms with E-state index in [1.165, 1.54) is 24.5 Å². The van der Waals surface area contributed by atoms with Crippen molar-refractivity contribution in [1.29, 1.82) is 0 Å². The van der Waals surface area contributed by atoms with Gasteiger partial charge >= 0.3 is 12.1 Å². The van der Waals surface area contributed by atoms with Gasteiger partial charge in [0.05, 0.1) is 36.9 Å². The molecule has 210 valence electrons. The largest absolute Gasteiger partial charge is 0.488 e. The van der Waals surface area contributed by atoms with Crippen molar-refractivity contribution in [3.8, 4) is 16.9 Å². The van der Waals surface area contributed by atoms with Crippen molar-refractivity contribution >= 4 is 23.0 Å². The fraction of sp³-hybridized carbons (Fsp3) is 0.300. The molecule has 0 atom stereocenters. The first-order chi connectivity index (χ1) is 19.0. The molecule has 4 aromatic rings. The van der Waals surface area contributed by atoms with Gasteiger partial charge in [-0.25, -0.2) is 13.6 Å². The van der Waals surface area contributed by atoms with Gasteiger partial charge in [-0.3, -0.25) is 9.78 Å². The predicted molar refractivity (Wildman–Crippen MR) is 144 cm³/mol. The van der Waals surface area contributed by atoms with Crippen LogP contribution in [-0.2, 0) is 33.8 Å². The third kappa shape index (κ3) is 7.13. The molecule has 10 heteroatoms. The maximum Gasteiger partial charge on any atom is 0.407 e. The lowest BCUT2D eigenvalue weighted by Crippen LogP contribution is -2.32. The average molecular weight is 553 g/mol. The molecule has 4 rings (SSSR count). The van der Waals surface area contributed by atoms with Crippen molar-refractivity contribution in [2.45, 2.75) is 52.9 Å². The summed E-state index contributed by atoms with van der Waals surface area (Å²) in [5, 5.41) is 2.91. The van der Waals surface area contributed by atoms with E-state index in [9.17, 15) is 14.0 Å². The molecule has 0 aliphatic carbocycles. The molecule has 1 amide bonds. The van der Waals surface area contributed by atoms with E-state index in [4.69, 9.17) is 18.6 Å². The van der Waals surface area contributed by atoms with E-state index >= 15 is 4.39 Å². The topological polar surface area (TPSA) is 99.9 Å². The normalized spacial score (nSPS) is 11.3. The Labute approximate surface area is 230 Å². The lowest BCUT2D eigenvalue weighted by molar-refractivity contribution is -0.142. The van der Waals surface area contributed by atoms with E-state index in [0.29, 0.717) is 28.0 Å². The van der Waals surface area contributed by atoms with E-state index < -0.39 is 29.3 Å². The molecular formula is C30H30F2N2O6.